The van der Waals surface area contributed by atoms with Crippen LogP contribution in [0.4, 0.5) is 0 Å². The third-order valence-corrected chi connectivity index (χ3v) is 3.56. The molecule has 76 valence electrons. The molecule has 1 aliphatic heterocycles. The molecule has 0 N–H and O–H groups in total. The van der Waals surface area contributed by atoms with Crippen LogP contribution in [0, 0.1) is 0 Å². The van der Waals surface area contributed by atoms with E-state index in [4.69, 9.17) is 4.42 Å². The number of carbonyl (C=O) groups is 1. The maximum Gasteiger partial charge on any atom is 0.207 e. The van der Waals surface area contributed by atoms with Gasteiger partial charge in [0, 0.05) is 0 Å². The Morgan fingerprint density at radius 1 is 1.79 bits per heavy atom. The molecule has 14 heavy (non-hydrogen) atoms. The number of nitrogens with zero attached hydrogens (tertiary/aromatic N) is 1. The highest BCUT2D eigenvalue weighted by molar-refractivity contribution is 7.99. The average molecular weight is 211 g/mol. The maximum atomic E-state index is 10.9. The molecule has 3 nitrogen and oxygen atoms in total. The molecule has 1 atom stereocenters. The quantitative estimate of drug-likeness (QED) is 0.769. The van der Waals surface area contributed by atoms with Crippen LogP contribution >= 0.6 is 11.8 Å². The zero-order valence-electron chi connectivity index (χ0n) is 8.16. The van der Waals surface area contributed by atoms with Crippen LogP contribution in [0.5, 0.6) is 0 Å². The summed E-state index contributed by atoms with van der Waals surface area (Å²) in [7, 11) is 0. The van der Waals surface area contributed by atoms with Gasteiger partial charge in [0.25, 0.3) is 0 Å². The number of thioether (sulfide) groups is 1. The summed E-state index contributed by atoms with van der Waals surface area (Å²) in [6.07, 6.45) is 4.42. The molecule has 0 spiro atoms. The minimum atomic E-state index is 0.117. The van der Waals surface area contributed by atoms with Crippen LogP contribution in [-0.4, -0.2) is 16.5 Å². The number of ketones is 1. The van der Waals surface area contributed by atoms with E-state index in [2.05, 4.69) is 4.98 Å². The van der Waals surface area contributed by atoms with Gasteiger partial charge in [0.15, 0.2) is 0 Å². The highest BCUT2D eigenvalue weighted by Gasteiger charge is 2.22. The fraction of sp³-hybridized carbons (Fsp3) is 0.600. The summed E-state index contributed by atoms with van der Waals surface area (Å²) in [4.78, 5) is 15.1. The number of aromatic nitrogens is 1. The largest absolute Gasteiger partial charge is 0.444 e. The molecule has 0 bridgehead atoms. The predicted octanol–water partition coefficient (Wildman–Crippen LogP) is 2.37. The second kappa shape index (κ2) is 4.17. The summed E-state index contributed by atoms with van der Waals surface area (Å²) in [5.74, 6) is 2.80. The minimum absolute atomic E-state index is 0.117. The Morgan fingerprint density at radius 3 is 3.29 bits per heavy atom. The van der Waals surface area contributed by atoms with E-state index in [1.807, 2.05) is 11.8 Å². The van der Waals surface area contributed by atoms with Gasteiger partial charge in [0.2, 0.25) is 5.89 Å². The fourth-order valence-electron chi connectivity index (χ4n) is 1.57. The molecule has 1 aliphatic rings. The number of hydrogen-bond donors (Lipinski definition) is 0. The van der Waals surface area contributed by atoms with Gasteiger partial charge in [-0.1, -0.05) is 0 Å². The van der Waals surface area contributed by atoms with Gasteiger partial charge < -0.3 is 4.42 Å². The molecule has 0 aromatic carbocycles. The standard InChI is InChI=1S/C10H13NO2S/c1-7(12)5-8-6-11-10(13-8)9-3-2-4-14-9/h6,9H,2-5H2,1H3. The summed E-state index contributed by atoms with van der Waals surface area (Å²) in [6, 6.07) is 0. The molecule has 2 heterocycles. The van der Waals surface area contributed by atoms with Gasteiger partial charge in [0.1, 0.15) is 11.5 Å². The van der Waals surface area contributed by atoms with Crippen LogP contribution in [0.3, 0.4) is 0 Å². The Kier molecular flexibility index (Phi) is 2.91. The van der Waals surface area contributed by atoms with Crippen molar-refractivity contribution in [3.8, 4) is 0 Å². The molecule has 0 aliphatic carbocycles. The predicted molar refractivity (Wildman–Crippen MR) is 55.3 cm³/mol. The van der Waals surface area contributed by atoms with E-state index in [1.165, 1.54) is 12.2 Å². The topological polar surface area (TPSA) is 43.1 Å². The Bertz CT molecular complexity index is 329. The first-order valence-electron chi connectivity index (χ1n) is 4.81. The first kappa shape index (κ1) is 9.77. The van der Waals surface area contributed by atoms with Gasteiger partial charge in [0.05, 0.1) is 17.9 Å². The molecule has 2 rings (SSSR count). The third kappa shape index (κ3) is 2.18. The average Bonchev–Trinajstić information content (AvgIpc) is 2.69. The summed E-state index contributed by atoms with van der Waals surface area (Å²) in [5, 5.41) is 0.413. The lowest BCUT2D eigenvalue weighted by atomic mass is 10.2. The van der Waals surface area contributed by atoms with Crippen molar-refractivity contribution in [2.24, 2.45) is 0 Å². The smallest absolute Gasteiger partial charge is 0.207 e. The molecule has 0 amide bonds. The zero-order chi connectivity index (χ0) is 9.97. The van der Waals surface area contributed by atoms with Crippen LogP contribution in [0.15, 0.2) is 10.6 Å². The molecule has 1 saturated heterocycles. The third-order valence-electron chi connectivity index (χ3n) is 2.20. The summed E-state index contributed by atoms with van der Waals surface area (Å²) in [6.45, 7) is 1.56. The van der Waals surface area contributed by atoms with E-state index < -0.39 is 0 Å². The van der Waals surface area contributed by atoms with Crippen LogP contribution in [-0.2, 0) is 11.2 Å². The number of hydrogen-bond acceptors (Lipinski definition) is 4. The van der Waals surface area contributed by atoms with E-state index in [1.54, 1.807) is 13.1 Å². The number of Topliss-reactive ketones (excluding diaryl/α,β-unsaturated/α-hetero) is 1. The first-order chi connectivity index (χ1) is 6.75. The summed E-state index contributed by atoms with van der Waals surface area (Å²) >= 11 is 1.89. The number of rotatable bonds is 3. The molecular weight excluding hydrogens is 198 g/mol. The van der Waals surface area contributed by atoms with Crippen LogP contribution < -0.4 is 0 Å². The molecular formula is C10H13NO2S. The van der Waals surface area contributed by atoms with Crippen molar-refractivity contribution >= 4 is 17.5 Å². The lowest BCUT2D eigenvalue weighted by Crippen LogP contribution is -1.93. The van der Waals surface area contributed by atoms with Crippen molar-refractivity contribution in [1.82, 2.24) is 4.98 Å². The normalized spacial score (nSPS) is 21.4. The Hall–Kier alpha value is -0.770. The molecule has 4 heteroatoms. The van der Waals surface area contributed by atoms with E-state index >= 15 is 0 Å². The highest BCUT2D eigenvalue weighted by atomic mass is 32.2. The Morgan fingerprint density at radius 2 is 2.64 bits per heavy atom. The molecule has 0 radical (unpaired) electrons. The Labute approximate surface area is 87.3 Å². The summed E-state index contributed by atoms with van der Waals surface area (Å²) < 4.78 is 5.53. The van der Waals surface area contributed by atoms with Gasteiger partial charge in [-0.15, -0.1) is 11.8 Å². The molecule has 1 aromatic heterocycles. The van der Waals surface area contributed by atoms with E-state index in [0.717, 1.165) is 12.3 Å². The van der Waals surface area contributed by atoms with Gasteiger partial charge in [-0.25, -0.2) is 4.98 Å². The second-order valence-corrected chi connectivity index (χ2v) is 4.86. The van der Waals surface area contributed by atoms with Crippen molar-refractivity contribution in [1.29, 1.82) is 0 Å². The van der Waals surface area contributed by atoms with Gasteiger partial charge >= 0.3 is 0 Å². The van der Waals surface area contributed by atoms with Gasteiger partial charge in [-0.3, -0.25) is 4.79 Å². The Balaban J connectivity index is 2.05. The molecule has 1 aromatic rings. The SMILES string of the molecule is CC(=O)Cc1cnc(C2CCCS2)o1. The molecule has 1 unspecified atom stereocenters. The fourth-order valence-corrected chi connectivity index (χ4v) is 2.77. The van der Waals surface area contributed by atoms with Crippen molar-refractivity contribution in [3.05, 3.63) is 17.8 Å². The van der Waals surface area contributed by atoms with Crippen LogP contribution in [0.25, 0.3) is 0 Å². The van der Waals surface area contributed by atoms with Crippen molar-refractivity contribution in [3.63, 3.8) is 0 Å². The minimum Gasteiger partial charge on any atom is -0.444 e. The van der Waals surface area contributed by atoms with E-state index in [9.17, 15) is 4.79 Å². The second-order valence-electron chi connectivity index (χ2n) is 3.55. The van der Waals surface area contributed by atoms with Crippen molar-refractivity contribution in [2.75, 3.05) is 5.75 Å². The van der Waals surface area contributed by atoms with Crippen molar-refractivity contribution < 1.29 is 9.21 Å². The van der Waals surface area contributed by atoms with Crippen molar-refractivity contribution in [2.45, 2.75) is 31.4 Å². The van der Waals surface area contributed by atoms with Crippen LogP contribution in [0.2, 0.25) is 0 Å². The number of carbonyl (C=O) groups excluding carboxylic acids is 1. The number of oxazole rings is 1. The maximum absolute atomic E-state index is 10.9. The molecule has 1 fully saturated rings. The first-order valence-corrected chi connectivity index (χ1v) is 5.86. The van der Waals surface area contributed by atoms with E-state index in [-0.39, 0.29) is 5.78 Å². The van der Waals surface area contributed by atoms with Crippen LogP contribution in [0.1, 0.15) is 36.7 Å². The lowest BCUT2D eigenvalue weighted by Gasteiger charge is -2.00. The van der Waals surface area contributed by atoms with Gasteiger partial charge in [-0.05, 0) is 25.5 Å². The monoisotopic (exact) mass is 211 g/mol. The lowest BCUT2D eigenvalue weighted by molar-refractivity contribution is -0.116. The molecule has 0 saturated carbocycles. The zero-order valence-corrected chi connectivity index (χ0v) is 8.97. The van der Waals surface area contributed by atoms with E-state index in [0.29, 0.717) is 17.4 Å². The van der Waals surface area contributed by atoms with Gasteiger partial charge in [-0.2, -0.15) is 0 Å². The highest BCUT2D eigenvalue weighted by Crippen LogP contribution is 2.39. The summed E-state index contributed by atoms with van der Waals surface area (Å²) in [5.41, 5.74) is 0.